The van der Waals surface area contributed by atoms with E-state index in [1.54, 1.807) is 7.05 Å². The number of hydrogen-bond donors (Lipinski definition) is 0. The van der Waals surface area contributed by atoms with Crippen LogP contribution < -0.4 is 0 Å². The molecule has 1 rings (SSSR count). The van der Waals surface area contributed by atoms with Crippen LogP contribution in [0.1, 0.15) is 5.69 Å². The zero-order chi connectivity index (χ0) is 9.14. The summed E-state index contributed by atoms with van der Waals surface area (Å²) in [5.74, 6) is 0. The number of nitro groups is 1. The predicted octanol–water partition coefficient (Wildman–Crippen LogP) is 0.475. The molecule has 0 aromatic carbocycles. The van der Waals surface area contributed by atoms with E-state index >= 15 is 0 Å². The Labute approximate surface area is 68.9 Å². The van der Waals surface area contributed by atoms with Gasteiger partial charge < -0.3 is 4.74 Å². The number of aryl methyl sites for hydroxylation is 1. The standard InChI is InChI=1S/C6H9N3O3/c1-8-6(4-12-2)5(3-7-8)9(10)11/h3H,4H2,1-2H3. The van der Waals surface area contributed by atoms with Crippen LogP contribution in [0, 0.1) is 10.1 Å². The number of ether oxygens (including phenoxy) is 1. The molecule has 1 aromatic rings. The van der Waals surface area contributed by atoms with Crippen LogP contribution in [0.4, 0.5) is 5.69 Å². The van der Waals surface area contributed by atoms with Gasteiger partial charge in [-0.2, -0.15) is 5.10 Å². The fourth-order valence-corrected chi connectivity index (χ4v) is 0.908. The van der Waals surface area contributed by atoms with Crippen molar-refractivity contribution >= 4 is 5.69 Å². The molecule has 0 saturated heterocycles. The Hall–Kier alpha value is -1.43. The largest absolute Gasteiger partial charge is 0.378 e. The summed E-state index contributed by atoms with van der Waals surface area (Å²) in [6.45, 7) is 0.201. The highest BCUT2D eigenvalue weighted by Crippen LogP contribution is 2.16. The van der Waals surface area contributed by atoms with Crippen LogP contribution in [-0.2, 0) is 18.4 Å². The van der Waals surface area contributed by atoms with Gasteiger partial charge in [-0.1, -0.05) is 0 Å². The molecule has 66 valence electrons. The van der Waals surface area contributed by atoms with Gasteiger partial charge in [0.15, 0.2) is 0 Å². The smallest absolute Gasteiger partial charge is 0.312 e. The van der Waals surface area contributed by atoms with Gasteiger partial charge in [-0.25, -0.2) is 0 Å². The van der Waals surface area contributed by atoms with E-state index in [4.69, 9.17) is 4.74 Å². The summed E-state index contributed by atoms with van der Waals surface area (Å²) in [7, 11) is 3.12. The van der Waals surface area contributed by atoms with Crippen LogP contribution >= 0.6 is 0 Å². The highest BCUT2D eigenvalue weighted by atomic mass is 16.6. The number of rotatable bonds is 3. The molecule has 0 saturated carbocycles. The van der Waals surface area contributed by atoms with Crippen LogP contribution in [0.2, 0.25) is 0 Å². The van der Waals surface area contributed by atoms with Crippen LogP contribution in [0.15, 0.2) is 6.20 Å². The zero-order valence-electron chi connectivity index (χ0n) is 6.85. The van der Waals surface area contributed by atoms with E-state index in [1.165, 1.54) is 18.0 Å². The lowest BCUT2D eigenvalue weighted by atomic mass is 10.4. The van der Waals surface area contributed by atoms with Gasteiger partial charge in [0.05, 0.1) is 11.5 Å². The topological polar surface area (TPSA) is 70.2 Å². The highest BCUT2D eigenvalue weighted by Gasteiger charge is 2.17. The van der Waals surface area contributed by atoms with Gasteiger partial charge in [0, 0.05) is 14.2 Å². The Balaban J connectivity index is 3.03. The maximum atomic E-state index is 10.4. The fraction of sp³-hybridized carbons (Fsp3) is 0.500. The quantitative estimate of drug-likeness (QED) is 0.489. The molecule has 1 aromatic heterocycles. The molecule has 0 atom stereocenters. The van der Waals surface area contributed by atoms with E-state index in [-0.39, 0.29) is 12.3 Å². The molecule has 0 aliphatic rings. The van der Waals surface area contributed by atoms with E-state index in [2.05, 4.69) is 5.10 Å². The van der Waals surface area contributed by atoms with E-state index in [0.717, 1.165) is 0 Å². The van der Waals surface area contributed by atoms with E-state index in [0.29, 0.717) is 5.69 Å². The Morgan fingerprint density at radius 2 is 2.50 bits per heavy atom. The van der Waals surface area contributed by atoms with E-state index < -0.39 is 4.92 Å². The third-order valence-corrected chi connectivity index (χ3v) is 1.52. The highest BCUT2D eigenvalue weighted by molar-refractivity contribution is 5.32. The van der Waals surface area contributed by atoms with Crippen LogP contribution in [0.5, 0.6) is 0 Å². The van der Waals surface area contributed by atoms with Gasteiger partial charge in [-0.3, -0.25) is 14.8 Å². The minimum atomic E-state index is -0.471. The van der Waals surface area contributed by atoms with Gasteiger partial charge in [0.25, 0.3) is 0 Å². The second-order valence-electron chi connectivity index (χ2n) is 2.29. The third kappa shape index (κ3) is 1.42. The van der Waals surface area contributed by atoms with E-state index in [1.807, 2.05) is 0 Å². The van der Waals surface area contributed by atoms with Crippen LogP contribution in [-0.4, -0.2) is 21.8 Å². The van der Waals surface area contributed by atoms with Crippen LogP contribution in [0.3, 0.4) is 0 Å². The predicted molar refractivity (Wildman–Crippen MR) is 40.6 cm³/mol. The summed E-state index contributed by atoms with van der Waals surface area (Å²) < 4.78 is 6.22. The van der Waals surface area contributed by atoms with Crippen LogP contribution in [0.25, 0.3) is 0 Å². The number of methoxy groups -OCH3 is 1. The van der Waals surface area contributed by atoms with Crippen molar-refractivity contribution in [2.75, 3.05) is 7.11 Å². The Bertz CT molecular complexity index is 294. The Morgan fingerprint density at radius 1 is 1.83 bits per heavy atom. The molecule has 0 N–H and O–H groups in total. The average molecular weight is 171 g/mol. The summed E-state index contributed by atoms with van der Waals surface area (Å²) in [5, 5.41) is 14.2. The summed E-state index contributed by atoms with van der Waals surface area (Å²) >= 11 is 0. The van der Waals surface area contributed by atoms with Crippen molar-refractivity contribution in [3.63, 3.8) is 0 Å². The van der Waals surface area contributed by atoms with Gasteiger partial charge in [0.1, 0.15) is 11.9 Å². The molecule has 12 heavy (non-hydrogen) atoms. The normalized spacial score (nSPS) is 10.2. The zero-order valence-corrected chi connectivity index (χ0v) is 6.85. The number of aromatic nitrogens is 2. The average Bonchev–Trinajstić information content (AvgIpc) is 2.34. The molecule has 0 bridgehead atoms. The fourth-order valence-electron chi connectivity index (χ4n) is 0.908. The number of hydrogen-bond acceptors (Lipinski definition) is 4. The van der Waals surface area contributed by atoms with Gasteiger partial charge in [0.2, 0.25) is 0 Å². The van der Waals surface area contributed by atoms with Crippen molar-refractivity contribution in [2.45, 2.75) is 6.61 Å². The molecule has 0 amide bonds. The SMILES string of the molecule is COCc1c([N+](=O)[O-])cnn1C. The molecule has 0 spiro atoms. The second-order valence-corrected chi connectivity index (χ2v) is 2.29. The first-order valence-electron chi connectivity index (χ1n) is 3.31. The van der Waals surface area contributed by atoms with Gasteiger partial charge in [-0.05, 0) is 0 Å². The molecule has 0 radical (unpaired) electrons. The molecule has 6 nitrogen and oxygen atoms in total. The van der Waals surface area contributed by atoms with Gasteiger partial charge in [-0.15, -0.1) is 0 Å². The second kappa shape index (κ2) is 3.31. The molecule has 0 aliphatic carbocycles. The first-order chi connectivity index (χ1) is 5.66. The maximum Gasteiger partial charge on any atom is 0.312 e. The summed E-state index contributed by atoms with van der Waals surface area (Å²) in [6.07, 6.45) is 1.22. The van der Waals surface area contributed by atoms with Crippen molar-refractivity contribution in [3.8, 4) is 0 Å². The summed E-state index contributed by atoms with van der Waals surface area (Å²) in [6, 6.07) is 0. The van der Waals surface area contributed by atoms with E-state index in [9.17, 15) is 10.1 Å². The molecular formula is C6H9N3O3. The Kier molecular flexibility index (Phi) is 2.39. The minimum Gasteiger partial charge on any atom is -0.378 e. The summed E-state index contributed by atoms with van der Waals surface area (Å²) in [4.78, 5) is 9.94. The molecule has 6 heteroatoms. The molecule has 0 fully saturated rings. The summed E-state index contributed by atoms with van der Waals surface area (Å²) in [5.41, 5.74) is 0.474. The lowest BCUT2D eigenvalue weighted by molar-refractivity contribution is -0.386. The molecule has 1 heterocycles. The lowest BCUT2D eigenvalue weighted by Crippen LogP contribution is -2.01. The lowest BCUT2D eigenvalue weighted by Gasteiger charge is -1.98. The van der Waals surface area contributed by atoms with Gasteiger partial charge >= 0.3 is 5.69 Å². The maximum absolute atomic E-state index is 10.4. The van der Waals surface area contributed by atoms with Crippen molar-refractivity contribution in [2.24, 2.45) is 7.05 Å². The monoisotopic (exact) mass is 171 g/mol. The van der Waals surface area contributed by atoms with Crippen molar-refractivity contribution < 1.29 is 9.66 Å². The van der Waals surface area contributed by atoms with Crippen molar-refractivity contribution in [1.29, 1.82) is 0 Å². The Morgan fingerprint density at radius 3 is 3.00 bits per heavy atom. The first-order valence-corrected chi connectivity index (χ1v) is 3.31. The van der Waals surface area contributed by atoms with Crippen molar-refractivity contribution in [1.82, 2.24) is 9.78 Å². The minimum absolute atomic E-state index is 0.000602. The molecular weight excluding hydrogens is 162 g/mol. The first kappa shape index (κ1) is 8.66. The molecule has 0 unspecified atom stereocenters. The van der Waals surface area contributed by atoms with Crippen molar-refractivity contribution in [3.05, 3.63) is 22.0 Å². The third-order valence-electron chi connectivity index (χ3n) is 1.52. The molecule has 0 aliphatic heterocycles. The number of nitrogens with zero attached hydrogens (tertiary/aromatic N) is 3.